The Hall–Kier alpha value is -4.44. The van der Waals surface area contributed by atoms with E-state index in [2.05, 4.69) is 20.8 Å². The molecule has 2 N–H and O–H groups in total. The number of thiazole rings is 1. The van der Waals surface area contributed by atoms with E-state index >= 15 is 0 Å². The van der Waals surface area contributed by atoms with Crippen molar-refractivity contribution < 1.29 is 23.8 Å². The summed E-state index contributed by atoms with van der Waals surface area (Å²) in [6.45, 7) is 4.23. The van der Waals surface area contributed by atoms with Crippen LogP contribution in [0.5, 0.6) is 11.5 Å². The Morgan fingerprint density at radius 3 is 2.68 bits per heavy atom. The highest BCUT2D eigenvalue weighted by Crippen LogP contribution is 2.28. The van der Waals surface area contributed by atoms with Crippen molar-refractivity contribution >= 4 is 51.0 Å². The van der Waals surface area contributed by atoms with Gasteiger partial charge in [0.05, 0.1) is 31.5 Å². The van der Waals surface area contributed by atoms with E-state index in [1.165, 1.54) is 11.3 Å². The van der Waals surface area contributed by atoms with Crippen molar-refractivity contribution in [3.63, 3.8) is 0 Å². The van der Waals surface area contributed by atoms with Gasteiger partial charge in [0.25, 0.3) is 5.91 Å². The topological polar surface area (TPSA) is 111 Å². The summed E-state index contributed by atoms with van der Waals surface area (Å²) in [5.41, 5.74) is 4.97. The van der Waals surface area contributed by atoms with Gasteiger partial charge in [0.15, 0.2) is 18.1 Å². The number of rotatable bonds is 12. The standard InChI is InChI=1S/C28H28N4O5S/c1-3-35-25-14-19(16-29-32-28-30-21(18-38-28)15-27(34)36-4-2)12-13-24(25)37-17-26(33)31-23-11-7-9-20-8-5-6-10-22(20)23/h5-14,16,18H,3-4,15,17H2,1-2H3,(H,30,32)(H,31,33). The number of aromatic nitrogens is 1. The molecule has 9 nitrogen and oxygen atoms in total. The number of nitrogens with zero attached hydrogens (tertiary/aromatic N) is 2. The molecule has 4 aromatic rings. The van der Waals surface area contributed by atoms with Crippen LogP contribution >= 0.6 is 11.3 Å². The Labute approximate surface area is 224 Å². The van der Waals surface area contributed by atoms with Gasteiger partial charge >= 0.3 is 5.97 Å². The lowest BCUT2D eigenvalue weighted by Gasteiger charge is -2.13. The molecule has 0 aliphatic rings. The van der Waals surface area contributed by atoms with Gasteiger partial charge in [-0.1, -0.05) is 36.4 Å². The van der Waals surface area contributed by atoms with Crippen LogP contribution in [0.25, 0.3) is 10.8 Å². The van der Waals surface area contributed by atoms with Crippen molar-refractivity contribution in [2.75, 3.05) is 30.6 Å². The lowest BCUT2D eigenvalue weighted by molar-refractivity contribution is -0.142. The third-order valence-electron chi connectivity index (χ3n) is 5.25. The molecule has 1 heterocycles. The van der Waals surface area contributed by atoms with Gasteiger partial charge < -0.3 is 19.5 Å². The fourth-order valence-corrected chi connectivity index (χ4v) is 4.28. The molecule has 0 unspecified atom stereocenters. The molecule has 0 spiro atoms. The average molecular weight is 533 g/mol. The Morgan fingerprint density at radius 1 is 1.00 bits per heavy atom. The van der Waals surface area contributed by atoms with E-state index in [9.17, 15) is 9.59 Å². The van der Waals surface area contributed by atoms with Crippen molar-refractivity contribution in [1.29, 1.82) is 0 Å². The van der Waals surface area contributed by atoms with Crippen LogP contribution in [0.2, 0.25) is 0 Å². The molecule has 0 aliphatic heterocycles. The largest absolute Gasteiger partial charge is 0.490 e. The molecule has 10 heteroatoms. The van der Waals surface area contributed by atoms with Gasteiger partial charge in [-0.2, -0.15) is 5.10 Å². The molecule has 0 radical (unpaired) electrons. The highest BCUT2D eigenvalue weighted by Gasteiger charge is 2.11. The van der Waals surface area contributed by atoms with Crippen LogP contribution in [0.1, 0.15) is 25.1 Å². The summed E-state index contributed by atoms with van der Waals surface area (Å²) in [5, 5.41) is 11.5. The van der Waals surface area contributed by atoms with Crippen molar-refractivity contribution in [2.45, 2.75) is 20.3 Å². The predicted octanol–water partition coefficient (Wildman–Crippen LogP) is 5.26. The molecule has 1 aromatic heterocycles. The zero-order valence-corrected chi connectivity index (χ0v) is 21.9. The van der Waals surface area contributed by atoms with Crippen molar-refractivity contribution in [3.8, 4) is 11.5 Å². The molecule has 0 saturated carbocycles. The van der Waals surface area contributed by atoms with E-state index in [1.807, 2.05) is 49.4 Å². The number of fused-ring (bicyclic) bond motifs is 1. The second kappa shape index (κ2) is 13.2. The maximum atomic E-state index is 12.6. The second-order valence-electron chi connectivity index (χ2n) is 8.00. The van der Waals surface area contributed by atoms with Crippen molar-refractivity contribution in [2.24, 2.45) is 5.10 Å². The maximum absolute atomic E-state index is 12.6. The molecule has 4 rings (SSSR count). The number of hydrogen-bond donors (Lipinski definition) is 2. The zero-order valence-electron chi connectivity index (χ0n) is 21.1. The Kier molecular flexibility index (Phi) is 9.25. The first-order valence-corrected chi connectivity index (χ1v) is 13.0. The molecular formula is C28H28N4O5S. The summed E-state index contributed by atoms with van der Waals surface area (Å²) in [7, 11) is 0. The summed E-state index contributed by atoms with van der Waals surface area (Å²) < 4.78 is 16.4. The summed E-state index contributed by atoms with van der Waals surface area (Å²) in [4.78, 5) is 28.5. The molecule has 1 amide bonds. The van der Waals surface area contributed by atoms with Crippen LogP contribution in [0.15, 0.2) is 71.1 Å². The van der Waals surface area contributed by atoms with Gasteiger partial charge in [-0.25, -0.2) is 4.98 Å². The van der Waals surface area contributed by atoms with E-state index in [4.69, 9.17) is 14.2 Å². The third kappa shape index (κ3) is 7.30. The summed E-state index contributed by atoms with van der Waals surface area (Å²) in [6.07, 6.45) is 1.74. The van der Waals surface area contributed by atoms with E-state index < -0.39 is 0 Å². The Morgan fingerprint density at radius 2 is 1.84 bits per heavy atom. The van der Waals surface area contributed by atoms with Crippen LogP contribution in [0.3, 0.4) is 0 Å². The van der Waals surface area contributed by atoms with Crippen LogP contribution in [-0.2, 0) is 20.7 Å². The molecule has 0 aliphatic carbocycles. The number of carbonyl (C=O) groups is 2. The summed E-state index contributed by atoms with van der Waals surface area (Å²) in [6, 6.07) is 18.9. The number of ether oxygens (including phenoxy) is 3. The number of carbonyl (C=O) groups excluding carboxylic acids is 2. The lowest BCUT2D eigenvalue weighted by Crippen LogP contribution is -2.20. The third-order valence-corrected chi connectivity index (χ3v) is 6.04. The van der Waals surface area contributed by atoms with Crippen LogP contribution < -0.4 is 20.2 Å². The number of amides is 1. The highest BCUT2D eigenvalue weighted by molar-refractivity contribution is 7.13. The minimum atomic E-state index is -0.315. The molecule has 38 heavy (non-hydrogen) atoms. The first kappa shape index (κ1) is 26.6. The van der Waals surface area contributed by atoms with E-state index in [-0.39, 0.29) is 24.9 Å². The minimum absolute atomic E-state index is 0.120. The van der Waals surface area contributed by atoms with Gasteiger partial charge in [-0.05, 0) is 49.1 Å². The number of anilines is 2. The minimum Gasteiger partial charge on any atom is -0.490 e. The van der Waals surface area contributed by atoms with Gasteiger partial charge in [-0.15, -0.1) is 11.3 Å². The molecule has 0 fully saturated rings. The van der Waals surface area contributed by atoms with Gasteiger partial charge in [0.2, 0.25) is 5.13 Å². The zero-order chi connectivity index (χ0) is 26.7. The monoisotopic (exact) mass is 532 g/mol. The second-order valence-corrected chi connectivity index (χ2v) is 8.86. The van der Waals surface area contributed by atoms with Crippen molar-refractivity contribution in [1.82, 2.24) is 4.98 Å². The molecule has 0 bridgehead atoms. The predicted molar refractivity (Wildman–Crippen MR) is 149 cm³/mol. The normalized spacial score (nSPS) is 10.9. The first-order valence-electron chi connectivity index (χ1n) is 12.1. The Balaban J connectivity index is 1.34. The van der Waals surface area contributed by atoms with Gasteiger partial charge in [0.1, 0.15) is 0 Å². The number of esters is 1. The summed E-state index contributed by atoms with van der Waals surface area (Å²) in [5.74, 6) is 0.364. The fourth-order valence-electron chi connectivity index (χ4n) is 3.62. The van der Waals surface area contributed by atoms with Gasteiger partial charge in [-0.3, -0.25) is 15.0 Å². The number of hydrogen-bond acceptors (Lipinski definition) is 9. The molecule has 196 valence electrons. The average Bonchev–Trinajstić information content (AvgIpc) is 3.35. The van der Waals surface area contributed by atoms with Crippen LogP contribution in [0.4, 0.5) is 10.8 Å². The fraction of sp³-hybridized carbons (Fsp3) is 0.214. The van der Waals surface area contributed by atoms with E-state index in [0.29, 0.717) is 35.5 Å². The number of benzene rings is 3. The molecular weight excluding hydrogens is 504 g/mol. The quantitative estimate of drug-likeness (QED) is 0.145. The highest BCUT2D eigenvalue weighted by atomic mass is 32.1. The molecule has 3 aromatic carbocycles. The lowest BCUT2D eigenvalue weighted by atomic mass is 10.1. The first-order chi connectivity index (χ1) is 18.6. The van der Waals surface area contributed by atoms with Gasteiger partial charge in [0, 0.05) is 16.5 Å². The van der Waals surface area contributed by atoms with Crippen molar-refractivity contribution in [3.05, 3.63) is 77.3 Å². The summed E-state index contributed by atoms with van der Waals surface area (Å²) >= 11 is 1.34. The molecule has 0 atom stereocenters. The smallest absolute Gasteiger partial charge is 0.311 e. The number of hydrazone groups is 1. The maximum Gasteiger partial charge on any atom is 0.311 e. The van der Waals surface area contributed by atoms with Crippen LogP contribution in [-0.4, -0.2) is 42.9 Å². The molecule has 0 saturated heterocycles. The van der Waals surface area contributed by atoms with Crippen LogP contribution in [0, 0.1) is 0 Å². The van der Waals surface area contributed by atoms with E-state index in [0.717, 1.165) is 22.0 Å². The number of nitrogens with one attached hydrogen (secondary N) is 2. The Bertz CT molecular complexity index is 1430. The SMILES string of the molecule is CCOC(=O)Cc1csc(NN=Cc2ccc(OCC(=O)Nc3cccc4ccccc34)c(OCC)c2)n1. The van der Waals surface area contributed by atoms with E-state index in [1.54, 1.807) is 36.7 Å².